The standard InChI is InChI=1S/C15H22OS/c1-11(2)7-8-17-10-15(16)14-6-5-12(3)9-13(14)4/h5-6,9,11H,7-8,10H2,1-4H3. The van der Waals surface area contributed by atoms with Crippen LogP contribution in [0.5, 0.6) is 0 Å². The van der Waals surface area contributed by atoms with Gasteiger partial charge in [0.25, 0.3) is 0 Å². The molecular formula is C15H22OS. The van der Waals surface area contributed by atoms with Crippen LogP contribution in [0.25, 0.3) is 0 Å². The molecule has 1 rings (SSSR count). The molecule has 0 saturated heterocycles. The second-order valence-corrected chi connectivity index (χ2v) is 6.08. The third-order valence-corrected chi connectivity index (χ3v) is 3.75. The highest BCUT2D eigenvalue weighted by molar-refractivity contribution is 7.99. The Labute approximate surface area is 109 Å². The lowest BCUT2D eigenvalue weighted by Gasteiger charge is -2.07. The van der Waals surface area contributed by atoms with Crippen molar-refractivity contribution < 1.29 is 4.79 Å². The number of Topliss-reactive ketones (excluding diaryl/α,β-unsaturated/α-hetero) is 1. The molecule has 0 spiro atoms. The van der Waals surface area contributed by atoms with Crippen molar-refractivity contribution in [1.82, 2.24) is 0 Å². The third-order valence-electron chi connectivity index (χ3n) is 2.76. The smallest absolute Gasteiger partial charge is 0.172 e. The monoisotopic (exact) mass is 250 g/mol. The first kappa shape index (κ1) is 14.3. The summed E-state index contributed by atoms with van der Waals surface area (Å²) < 4.78 is 0. The summed E-state index contributed by atoms with van der Waals surface area (Å²) in [5.41, 5.74) is 3.19. The van der Waals surface area contributed by atoms with Gasteiger partial charge in [-0.15, -0.1) is 0 Å². The van der Waals surface area contributed by atoms with E-state index in [9.17, 15) is 4.79 Å². The minimum Gasteiger partial charge on any atom is -0.293 e. The molecule has 0 atom stereocenters. The summed E-state index contributed by atoms with van der Waals surface area (Å²) in [6, 6.07) is 6.04. The Morgan fingerprint density at radius 3 is 2.59 bits per heavy atom. The van der Waals surface area contributed by atoms with E-state index in [0.717, 1.165) is 22.8 Å². The van der Waals surface area contributed by atoms with Crippen molar-refractivity contribution in [3.8, 4) is 0 Å². The van der Waals surface area contributed by atoms with Crippen LogP contribution in [-0.4, -0.2) is 17.3 Å². The van der Waals surface area contributed by atoms with Crippen molar-refractivity contribution >= 4 is 17.5 Å². The Morgan fingerprint density at radius 2 is 2.00 bits per heavy atom. The van der Waals surface area contributed by atoms with Crippen LogP contribution in [0.2, 0.25) is 0 Å². The van der Waals surface area contributed by atoms with E-state index in [4.69, 9.17) is 0 Å². The number of thioether (sulfide) groups is 1. The minimum atomic E-state index is 0.260. The lowest BCUT2D eigenvalue weighted by atomic mass is 10.0. The van der Waals surface area contributed by atoms with Gasteiger partial charge in [-0.1, -0.05) is 37.6 Å². The molecule has 1 aromatic rings. The maximum atomic E-state index is 12.0. The molecule has 17 heavy (non-hydrogen) atoms. The van der Waals surface area contributed by atoms with Gasteiger partial charge in [0.15, 0.2) is 5.78 Å². The molecule has 0 bridgehead atoms. The predicted octanol–water partition coefficient (Wildman–Crippen LogP) is 4.27. The van der Waals surface area contributed by atoms with E-state index < -0.39 is 0 Å². The first-order chi connectivity index (χ1) is 8.00. The quantitative estimate of drug-likeness (QED) is 0.554. The number of hydrogen-bond donors (Lipinski definition) is 0. The molecule has 1 aromatic carbocycles. The number of rotatable bonds is 6. The molecular weight excluding hydrogens is 228 g/mol. The maximum absolute atomic E-state index is 12.0. The molecule has 94 valence electrons. The number of ketones is 1. The molecule has 0 aliphatic carbocycles. The minimum absolute atomic E-state index is 0.260. The van der Waals surface area contributed by atoms with E-state index in [1.165, 1.54) is 12.0 Å². The predicted molar refractivity (Wildman–Crippen MR) is 77.0 cm³/mol. The summed E-state index contributed by atoms with van der Waals surface area (Å²) >= 11 is 1.75. The Bertz CT molecular complexity index is 383. The van der Waals surface area contributed by atoms with Gasteiger partial charge in [0, 0.05) is 5.56 Å². The SMILES string of the molecule is Cc1ccc(C(=O)CSCCC(C)C)c(C)c1. The van der Waals surface area contributed by atoms with Gasteiger partial charge in [-0.05, 0) is 37.5 Å². The largest absolute Gasteiger partial charge is 0.293 e. The van der Waals surface area contributed by atoms with E-state index in [1.807, 2.05) is 19.1 Å². The molecule has 2 heteroatoms. The van der Waals surface area contributed by atoms with Gasteiger partial charge in [0.2, 0.25) is 0 Å². The Morgan fingerprint density at radius 1 is 1.29 bits per heavy atom. The Hall–Kier alpha value is -0.760. The van der Waals surface area contributed by atoms with Gasteiger partial charge in [0.05, 0.1) is 5.75 Å². The lowest BCUT2D eigenvalue weighted by molar-refractivity contribution is 0.102. The van der Waals surface area contributed by atoms with E-state index >= 15 is 0 Å². The zero-order valence-corrected chi connectivity index (χ0v) is 12.1. The highest BCUT2D eigenvalue weighted by Crippen LogP contribution is 2.15. The van der Waals surface area contributed by atoms with E-state index in [0.29, 0.717) is 5.75 Å². The summed E-state index contributed by atoms with van der Waals surface area (Å²) in [7, 11) is 0. The number of hydrogen-bond acceptors (Lipinski definition) is 2. The normalized spacial score (nSPS) is 10.9. The summed E-state index contributed by atoms with van der Waals surface area (Å²) in [4.78, 5) is 12.0. The number of carbonyl (C=O) groups is 1. The molecule has 0 aromatic heterocycles. The first-order valence-electron chi connectivity index (χ1n) is 6.19. The average molecular weight is 250 g/mol. The summed E-state index contributed by atoms with van der Waals surface area (Å²) in [6.45, 7) is 8.50. The molecule has 0 saturated carbocycles. The number of aryl methyl sites for hydroxylation is 2. The zero-order chi connectivity index (χ0) is 12.8. The van der Waals surface area contributed by atoms with Gasteiger partial charge in [-0.2, -0.15) is 11.8 Å². The maximum Gasteiger partial charge on any atom is 0.172 e. The van der Waals surface area contributed by atoms with Crippen LogP contribution in [0.4, 0.5) is 0 Å². The van der Waals surface area contributed by atoms with E-state index in [-0.39, 0.29) is 5.78 Å². The second kappa shape index (κ2) is 6.85. The van der Waals surface area contributed by atoms with E-state index in [2.05, 4.69) is 26.8 Å². The fraction of sp³-hybridized carbons (Fsp3) is 0.533. The molecule has 0 radical (unpaired) electrons. The van der Waals surface area contributed by atoms with Gasteiger partial charge in [-0.3, -0.25) is 4.79 Å². The van der Waals surface area contributed by atoms with Crippen LogP contribution in [0, 0.1) is 19.8 Å². The van der Waals surface area contributed by atoms with Crippen LogP contribution in [0.15, 0.2) is 18.2 Å². The van der Waals surface area contributed by atoms with Crippen molar-refractivity contribution in [2.24, 2.45) is 5.92 Å². The molecule has 0 fully saturated rings. The van der Waals surface area contributed by atoms with Gasteiger partial charge in [-0.25, -0.2) is 0 Å². The van der Waals surface area contributed by atoms with Gasteiger partial charge in [0.1, 0.15) is 0 Å². The Kier molecular flexibility index (Phi) is 5.76. The molecule has 0 aliphatic rings. The third kappa shape index (κ3) is 4.95. The Balaban J connectivity index is 2.47. The number of benzene rings is 1. The fourth-order valence-electron chi connectivity index (χ4n) is 1.69. The molecule has 0 amide bonds. The molecule has 1 nitrogen and oxygen atoms in total. The zero-order valence-electron chi connectivity index (χ0n) is 11.2. The van der Waals surface area contributed by atoms with Crippen LogP contribution < -0.4 is 0 Å². The van der Waals surface area contributed by atoms with Crippen LogP contribution >= 0.6 is 11.8 Å². The van der Waals surface area contributed by atoms with Crippen molar-refractivity contribution in [3.05, 3.63) is 34.9 Å². The second-order valence-electron chi connectivity index (χ2n) is 4.98. The molecule has 0 aliphatic heterocycles. The topological polar surface area (TPSA) is 17.1 Å². The highest BCUT2D eigenvalue weighted by atomic mass is 32.2. The van der Waals surface area contributed by atoms with Crippen LogP contribution in [0.3, 0.4) is 0 Å². The van der Waals surface area contributed by atoms with Crippen molar-refractivity contribution in [3.63, 3.8) is 0 Å². The average Bonchev–Trinajstić information content (AvgIpc) is 2.23. The van der Waals surface area contributed by atoms with Gasteiger partial charge >= 0.3 is 0 Å². The number of carbonyl (C=O) groups excluding carboxylic acids is 1. The summed E-state index contributed by atoms with van der Waals surface area (Å²) in [5, 5.41) is 0. The van der Waals surface area contributed by atoms with Crippen molar-refractivity contribution in [1.29, 1.82) is 0 Å². The first-order valence-corrected chi connectivity index (χ1v) is 7.34. The van der Waals surface area contributed by atoms with Crippen LogP contribution in [-0.2, 0) is 0 Å². The van der Waals surface area contributed by atoms with Crippen molar-refractivity contribution in [2.75, 3.05) is 11.5 Å². The van der Waals surface area contributed by atoms with Crippen molar-refractivity contribution in [2.45, 2.75) is 34.1 Å². The van der Waals surface area contributed by atoms with Gasteiger partial charge < -0.3 is 0 Å². The van der Waals surface area contributed by atoms with E-state index in [1.54, 1.807) is 11.8 Å². The highest BCUT2D eigenvalue weighted by Gasteiger charge is 2.08. The molecule has 0 unspecified atom stereocenters. The summed E-state index contributed by atoms with van der Waals surface area (Å²) in [5.74, 6) is 2.67. The summed E-state index contributed by atoms with van der Waals surface area (Å²) in [6.07, 6.45) is 1.19. The fourth-order valence-corrected chi connectivity index (χ4v) is 2.81. The molecule has 0 heterocycles. The molecule has 0 N–H and O–H groups in total. The lowest BCUT2D eigenvalue weighted by Crippen LogP contribution is -2.06. The van der Waals surface area contributed by atoms with Crippen LogP contribution in [0.1, 0.15) is 41.8 Å².